The number of benzene rings is 1. The Bertz CT molecular complexity index is 1510. The molecule has 38 heavy (non-hydrogen) atoms. The highest BCUT2D eigenvalue weighted by molar-refractivity contribution is 7.88. The maximum absolute atomic E-state index is 13.6. The number of imidazole rings is 1. The summed E-state index contributed by atoms with van der Waals surface area (Å²) < 4.78 is 51.1. The zero-order chi connectivity index (χ0) is 26.8. The van der Waals surface area contributed by atoms with Crippen molar-refractivity contribution < 1.29 is 22.3 Å². The first-order chi connectivity index (χ1) is 18.2. The van der Waals surface area contributed by atoms with Gasteiger partial charge in [-0.15, -0.1) is 0 Å². The van der Waals surface area contributed by atoms with Crippen molar-refractivity contribution in [2.75, 3.05) is 31.3 Å². The van der Waals surface area contributed by atoms with E-state index in [1.54, 1.807) is 42.9 Å². The molecule has 11 nitrogen and oxygen atoms in total. The van der Waals surface area contributed by atoms with E-state index in [-0.39, 0.29) is 25.6 Å². The molecule has 3 aromatic heterocycles. The number of aromatic amines is 1. The second-order valence-corrected chi connectivity index (χ2v) is 11.2. The first-order valence-electron chi connectivity index (χ1n) is 11.7. The molecule has 1 aliphatic heterocycles. The van der Waals surface area contributed by atoms with Crippen LogP contribution in [0.25, 0.3) is 22.6 Å². The van der Waals surface area contributed by atoms with Crippen LogP contribution in [0.2, 0.25) is 0 Å². The first-order valence-corrected chi connectivity index (χ1v) is 13.6. The van der Waals surface area contributed by atoms with Crippen LogP contribution in [0.5, 0.6) is 0 Å². The van der Waals surface area contributed by atoms with Gasteiger partial charge in [-0.1, -0.05) is 6.92 Å². The molecule has 4 heterocycles. The molecule has 0 saturated carbocycles. The lowest BCUT2D eigenvalue weighted by atomic mass is 9.92. The summed E-state index contributed by atoms with van der Waals surface area (Å²) in [5.41, 5.74) is 2.50. The molecule has 4 aromatic rings. The number of aromatic nitrogens is 5. The third-order valence-electron chi connectivity index (χ3n) is 5.82. The number of anilines is 2. The third kappa shape index (κ3) is 6.19. The molecule has 0 aliphatic carbocycles. The molecule has 3 N–H and O–H groups in total. The second-order valence-electron chi connectivity index (χ2n) is 9.34. The number of nitrogens with one attached hydrogen (secondary N) is 3. The summed E-state index contributed by atoms with van der Waals surface area (Å²) in [6.07, 6.45) is 5.23. The third-order valence-corrected chi connectivity index (χ3v) is 6.49. The van der Waals surface area contributed by atoms with Crippen molar-refractivity contribution in [2.45, 2.75) is 13.2 Å². The lowest BCUT2D eigenvalue weighted by Crippen LogP contribution is -2.45. The zero-order valence-corrected chi connectivity index (χ0v) is 21.5. The maximum Gasteiger partial charge on any atom is 0.227 e. The molecule has 0 bridgehead atoms. The van der Waals surface area contributed by atoms with Gasteiger partial charge in [0.1, 0.15) is 5.82 Å². The Morgan fingerprint density at radius 2 is 1.87 bits per heavy atom. The normalized spacial score (nSPS) is 19.8. The molecule has 0 radical (unpaired) electrons. The molecule has 198 valence electrons. The minimum atomic E-state index is -3.34. The summed E-state index contributed by atoms with van der Waals surface area (Å²) in [5.74, 6) is 0.394. The van der Waals surface area contributed by atoms with E-state index < -0.39 is 21.7 Å². The van der Waals surface area contributed by atoms with Crippen molar-refractivity contribution in [3.63, 3.8) is 0 Å². The number of sulfonamides is 1. The Hall–Kier alpha value is -3.78. The van der Waals surface area contributed by atoms with Crippen LogP contribution in [-0.2, 0) is 19.5 Å². The van der Waals surface area contributed by atoms with Gasteiger partial charge in [0.15, 0.2) is 5.82 Å². The Balaban J connectivity index is 1.43. The summed E-state index contributed by atoms with van der Waals surface area (Å²) in [7, 11) is -3.34. The van der Waals surface area contributed by atoms with Gasteiger partial charge in [0.05, 0.1) is 48.4 Å². The van der Waals surface area contributed by atoms with Gasteiger partial charge >= 0.3 is 0 Å². The van der Waals surface area contributed by atoms with Gasteiger partial charge in [0, 0.05) is 29.9 Å². The van der Waals surface area contributed by atoms with Crippen LogP contribution in [0, 0.1) is 11.2 Å². The summed E-state index contributed by atoms with van der Waals surface area (Å²) in [5, 5.41) is 3.12. The lowest BCUT2D eigenvalue weighted by molar-refractivity contribution is -0.231. The average Bonchev–Trinajstić information content (AvgIpc) is 3.34. The van der Waals surface area contributed by atoms with Gasteiger partial charge in [-0.3, -0.25) is 4.98 Å². The van der Waals surface area contributed by atoms with Gasteiger partial charge in [-0.05, 0) is 42.5 Å². The van der Waals surface area contributed by atoms with Crippen molar-refractivity contribution >= 4 is 21.7 Å². The van der Waals surface area contributed by atoms with Gasteiger partial charge in [0.2, 0.25) is 22.3 Å². The Morgan fingerprint density at radius 3 is 2.55 bits per heavy atom. The van der Waals surface area contributed by atoms with Gasteiger partial charge in [0.25, 0.3) is 0 Å². The van der Waals surface area contributed by atoms with Gasteiger partial charge in [-0.25, -0.2) is 32.5 Å². The van der Waals surface area contributed by atoms with E-state index in [2.05, 4.69) is 30.0 Å². The van der Waals surface area contributed by atoms with E-state index in [0.29, 0.717) is 34.4 Å². The highest BCUT2D eigenvalue weighted by atomic mass is 32.2. The first kappa shape index (κ1) is 25.9. The predicted molar refractivity (Wildman–Crippen MR) is 138 cm³/mol. The fourth-order valence-electron chi connectivity index (χ4n) is 3.84. The fourth-order valence-corrected chi connectivity index (χ4v) is 4.45. The van der Waals surface area contributed by atoms with Crippen molar-refractivity contribution in [1.82, 2.24) is 29.6 Å². The number of halogens is 1. The average molecular weight is 540 g/mol. The lowest BCUT2D eigenvalue weighted by Gasteiger charge is -2.36. The highest BCUT2D eigenvalue weighted by Crippen LogP contribution is 2.35. The minimum Gasteiger partial charge on any atom is -0.345 e. The highest BCUT2D eigenvalue weighted by Gasteiger charge is 2.35. The molecule has 0 unspecified atom stereocenters. The molecule has 5 rings (SSSR count). The van der Waals surface area contributed by atoms with Crippen molar-refractivity contribution in [3.05, 3.63) is 72.7 Å². The van der Waals surface area contributed by atoms with Crippen LogP contribution < -0.4 is 10.0 Å². The molecule has 0 spiro atoms. The quantitative estimate of drug-likeness (QED) is 0.307. The molecular formula is C25H26FN7O4S. The SMILES string of the molecule is CC1(CNS(C)(=O)=O)COC(c2nc(-c3ccc(F)cc3)c(-c3ccnc(Nc4cccnc4)n3)[nH]2)OC1. The zero-order valence-electron chi connectivity index (χ0n) is 20.7. The predicted octanol–water partition coefficient (Wildman–Crippen LogP) is 3.41. The van der Waals surface area contributed by atoms with E-state index in [1.165, 1.54) is 12.1 Å². The number of ether oxygens (including phenoxy) is 2. The number of hydrogen-bond acceptors (Lipinski definition) is 9. The summed E-state index contributed by atoms with van der Waals surface area (Å²) in [6, 6.07) is 11.4. The Morgan fingerprint density at radius 1 is 1.11 bits per heavy atom. The summed E-state index contributed by atoms with van der Waals surface area (Å²) in [6.45, 7) is 2.54. The van der Waals surface area contributed by atoms with Crippen LogP contribution in [-0.4, -0.2) is 59.4 Å². The topological polar surface area (TPSA) is 144 Å². The van der Waals surface area contributed by atoms with E-state index in [4.69, 9.17) is 14.5 Å². The van der Waals surface area contributed by atoms with Crippen LogP contribution in [0.4, 0.5) is 16.0 Å². The number of H-pyrrole nitrogens is 1. The fraction of sp³-hybridized carbons (Fsp3) is 0.280. The molecule has 1 fully saturated rings. The van der Waals surface area contributed by atoms with Crippen LogP contribution >= 0.6 is 0 Å². The molecule has 13 heteroatoms. The molecule has 0 atom stereocenters. The molecular weight excluding hydrogens is 513 g/mol. The molecule has 1 saturated heterocycles. The summed E-state index contributed by atoms with van der Waals surface area (Å²) in [4.78, 5) is 21.0. The second kappa shape index (κ2) is 10.5. The molecule has 1 aliphatic rings. The van der Waals surface area contributed by atoms with E-state index >= 15 is 0 Å². The van der Waals surface area contributed by atoms with Gasteiger partial charge in [-0.2, -0.15) is 0 Å². The van der Waals surface area contributed by atoms with Crippen molar-refractivity contribution in [2.24, 2.45) is 5.41 Å². The molecule has 0 amide bonds. The van der Waals surface area contributed by atoms with Crippen molar-refractivity contribution in [1.29, 1.82) is 0 Å². The minimum absolute atomic E-state index is 0.177. The Labute approximate surface area is 218 Å². The summed E-state index contributed by atoms with van der Waals surface area (Å²) >= 11 is 0. The number of pyridine rings is 1. The van der Waals surface area contributed by atoms with E-state index in [9.17, 15) is 12.8 Å². The van der Waals surface area contributed by atoms with Crippen LogP contribution in [0.3, 0.4) is 0 Å². The number of rotatable bonds is 8. The monoisotopic (exact) mass is 539 g/mol. The number of nitrogens with zero attached hydrogens (tertiary/aromatic N) is 4. The Kier molecular flexibility index (Phi) is 7.17. The number of hydrogen-bond donors (Lipinski definition) is 3. The van der Waals surface area contributed by atoms with Crippen LogP contribution in [0.15, 0.2) is 61.1 Å². The molecule has 1 aromatic carbocycles. The van der Waals surface area contributed by atoms with Gasteiger partial charge < -0.3 is 19.8 Å². The largest absolute Gasteiger partial charge is 0.345 e. The standard InChI is InChI=1S/C25H26FN7O4S/c1-25(13-29-38(2,34)35)14-36-23(37-15-25)22-32-20(16-5-7-17(26)8-6-16)21(33-22)19-9-11-28-24(31-19)30-18-4-3-10-27-12-18/h3-12,23,29H,13-15H2,1-2H3,(H,32,33)(H,28,30,31). The smallest absolute Gasteiger partial charge is 0.227 e. The van der Waals surface area contributed by atoms with E-state index in [0.717, 1.165) is 11.9 Å². The van der Waals surface area contributed by atoms with Crippen molar-refractivity contribution in [3.8, 4) is 22.6 Å². The maximum atomic E-state index is 13.6. The van der Waals surface area contributed by atoms with Crippen LogP contribution in [0.1, 0.15) is 19.0 Å². The van der Waals surface area contributed by atoms with E-state index in [1.807, 2.05) is 13.0 Å².